The molecule has 0 spiro atoms. The Kier molecular flexibility index (Phi) is 6.18. The van der Waals surface area contributed by atoms with Gasteiger partial charge in [-0.15, -0.1) is 0 Å². The molecule has 0 saturated carbocycles. The number of methoxy groups -OCH3 is 2. The fourth-order valence-electron chi connectivity index (χ4n) is 3.52. The van der Waals surface area contributed by atoms with Gasteiger partial charge in [0.2, 0.25) is 0 Å². The van der Waals surface area contributed by atoms with Crippen LogP contribution in [0.4, 0.5) is 0 Å². The lowest BCUT2D eigenvalue weighted by Gasteiger charge is -2.22. The van der Waals surface area contributed by atoms with Crippen LogP contribution in [0.5, 0.6) is 5.75 Å². The third kappa shape index (κ3) is 4.27. The van der Waals surface area contributed by atoms with Gasteiger partial charge in [-0.05, 0) is 29.7 Å². The minimum Gasteiger partial charge on any atom is -0.496 e. The van der Waals surface area contributed by atoms with E-state index in [9.17, 15) is 4.79 Å². The Bertz CT molecular complexity index is 861. The second kappa shape index (κ2) is 8.77. The number of benzene rings is 1. The van der Waals surface area contributed by atoms with Crippen molar-refractivity contribution in [3.05, 3.63) is 47.3 Å². The van der Waals surface area contributed by atoms with Crippen LogP contribution in [0.25, 0.3) is 0 Å². The van der Waals surface area contributed by atoms with Crippen LogP contribution in [0.3, 0.4) is 0 Å². The molecule has 1 aliphatic heterocycles. The zero-order valence-corrected chi connectivity index (χ0v) is 16.8. The van der Waals surface area contributed by atoms with E-state index in [4.69, 9.17) is 9.47 Å². The number of aryl methyl sites for hydroxylation is 1. The summed E-state index contributed by atoms with van der Waals surface area (Å²) >= 11 is 0. The van der Waals surface area contributed by atoms with Crippen molar-refractivity contribution in [3.63, 3.8) is 0 Å². The molecule has 1 atom stereocenters. The van der Waals surface area contributed by atoms with Crippen LogP contribution in [0.15, 0.2) is 35.6 Å². The number of aromatic nitrogens is 2. The summed E-state index contributed by atoms with van der Waals surface area (Å²) in [5, 5.41) is 7.66. The van der Waals surface area contributed by atoms with Gasteiger partial charge in [0.15, 0.2) is 5.96 Å². The molecule has 2 heterocycles. The molecule has 0 radical (unpaired) electrons. The van der Waals surface area contributed by atoms with Crippen LogP contribution in [0, 0.1) is 0 Å². The maximum absolute atomic E-state index is 12.0. The Hall–Kier alpha value is -3.03. The molecular weight excluding hydrogens is 358 g/mol. The summed E-state index contributed by atoms with van der Waals surface area (Å²) in [7, 11) is 6.62. The number of rotatable bonds is 5. The first kappa shape index (κ1) is 19.7. The molecule has 1 N–H and O–H groups in total. The predicted octanol–water partition coefficient (Wildman–Crippen LogP) is 1.78. The van der Waals surface area contributed by atoms with E-state index >= 15 is 0 Å². The van der Waals surface area contributed by atoms with Gasteiger partial charge in [0.1, 0.15) is 11.3 Å². The summed E-state index contributed by atoms with van der Waals surface area (Å²) in [6, 6.07) is 5.49. The molecule has 3 rings (SSSR count). The number of aliphatic imine (C=N–C) groups is 1. The van der Waals surface area contributed by atoms with E-state index in [1.807, 2.05) is 24.0 Å². The summed E-state index contributed by atoms with van der Waals surface area (Å²) in [6.45, 7) is 2.39. The van der Waals surface area contributed by atoms with Crippen LogP contribution in [0.1, 0.15) is 33.8 Å². The Labute approximate surface area is 165 Å². The highest BCUT2D eigenvalue weighted by molar-refractivity contribution is 5.92. The minimum absolute atomic E-state index is 0.414. The predicted molar refractivity (Wildman–Crippen MR) is 107 cm³/mol. The topological polar surface area (TPSA) is 81.0 Å². The minimum atomic E-state index is -0.415. The van der Waals surface area contributed by atoms with Crippen molar-refractivity contribution in [1.29, 1.82) is 0 Å². The normalized spacial score (nSPS) is 16.9. The maximum atomic E-state index is 12.0. The van der Waals surface area contributed by atoms with E-state index in [0.29, 0.717) is 23.8 Å². The van der Waals surface area contributed by atoms with Crippen LogP contribution in [0.2, 0.25) is 0 Å². The molecule has 1 fully saturated rings. The summed E-state index contributed by atoms with van der Waals surface area (Å²) in [6.07, 6.45) is 5.09. The van der Waals surface area contributed by atoms with E-state index in [1.165, 1.54) is 19.8 Å². The van der Waals surface area contributed by atoms with Gasteiger partial charge in [-0.25, -0.2) is 4.79 Å². The number of carbonyl (C=O) groups is 1. The van der Waals surface area contributed by atoms with Gasteiger partial charge < -0.3 is 19.7 Å². The number of esters is 1. The molecule has 150 valence electrons. The monoisotopic (exact) mass is 385 g/mol. The van der Waals surface area contributed by atoms with E-state index < -0.39 is 5.97 Å². The van der Waals surface area contributed by atoms with Gasteiger partial charge in [-0.2, -0.15) is 5.10 Å². The zero-order valence-electron chi connectivity index (χ0n) is 16.8. The summed E-state index contributed by atoms with van der Waals surface area (Å²) in [4.78, 5) is 18.6. The van der Waals surface area contributed by atoms with Crippen molar-refractivity contribution in [3.8, 4) is 5.75 Å². The smallest absolute Gasteiger partial charge is 0.341 e. The van der Waals surface area contributed by atoms with E-state index in [-0.39, 0.29) is 0 Å². The molecule has 0 bridgehead atoms. The molecule has 0 amide bonds. The highest BCUT2D eigenvalue weighted by atomic mass is 16.5. The second-order valence-electron chi connectivity index (χ2n) is 6.81. The number of ether oxygens (including phenoxy) is 2. The fourth-order valence-corrected chi connectivity index (χ4v) is 3.52. The Morgan fingerprint density at radius 1 is 1.39 bits per heavy atom. The number of guanidine groups is 1. The van der Waals surface area contributed by atoms with Gasteiger partial charge in [0.25, 0.3) is 0 Å². The SMILES string of the molecule is CN=C(NCc1ccc(OC)c(C(=O)OC)c1)N1CCC(c2cnn(C)c2)C1. The highest BCUT2D eigenvalue weighted by Gasteiger charge is 2.27. The molecule has 1 aromatic heterocycles. The van der Waals surface area contributed by atoms with Crippen molar-refractivity contribution in [1.82, 2.24) is 20.0 Å². The van der Waals surface area contributed by atoms with E-state index in [1.54, 1.807) is 19.2 Å². The Balaban J connectivity index is 1.64. The van der Waals surface area contributed by atoms with Gasteiger partial charge in [0.05, 0.1) is 20.4 Å². The molecule has 8 nitrogen and oxygen atoms in total. The lowest BCUT2D eigenvalue weighted by molar-refractivity contribution is 0.0597. The third-order valence-corrected chi connectivity index (χ3v) is 5.02. The number of nitrogens with zero attached hydrogens (tertiary/aromatic N) is 4. The summed E-state index contributed by atoms with van der Waals surface area (Å²) in [5.74, 6) is 1.39. The van der Waals surface area contributed by atoms with E-state index in [0.717, 1.165) is 31.0 Å². The highest BCUT2D eigenvalue weighted by Crippen LogP contribution is 2.27. The maximum Gasteiger partial charge on any atom is 0.341 e. The first-order valence-corrected chi connectivity index (χ1v) is 9.25. The average molecular weight is 385 g/mol. The summed E-state index contributed by atoms with van der Waals surface area (Å²) < 4.78 is 11.9. The number of nitrogens with one attached hydrogen (secondary N) is 1. The van der Waals surface area contributed by atoms with Gasteiger partial charge in [-0.3, -0.25) is 9.67 Å². The van der Waals surface area contributed by atoms with Crippen molar-refractivity contribution in [2.45, 2.75) is 18.9 Å². The second-order valence-corrected chi connectivity index (χ2v) is 6.81. The third-order valence-electron chi connectivity index (χ3n) is 5.02. The van der Waals surface area contributed by atoms with Crippen molar-refractivity contribution in [2.24, 2.45) is 12.0 Å². The Morgan fingerprint density at radius 2 is 2.21 bits per heavy atom. The van der Waals surface area contributed by atoms with Crippen LogP contribution >= 0.6 is 0 Å². The quantitative estimate of drug-likeness (QED) is 0.480. The number of carbonyl (C=O) groups excluding carboxylic acids is 1. The first-order chi connectivity index (χ1) is 13.5. The first-order valence-electron chi connectivity index (χ1n) is 9.25. The molecule has 2 aromatic rings. The molecule has 1 aliphatic rings. The lowest BCUT2D eigenvalue weighted by Crippen LogP contribution is -2.39. The van der Waals surface area contributed by atoms with Gasteiger partial charge in [-0.1, -0.05) is 6.07 Å². The van der Waals surface area contributed by atoms with Crippen molar-refractivity contribution < 1.29 is 14.3 Å². The zero-order chi connectivity index (χ0) is 20.1. The molecule has 1 aromatic carbocycles. The molecule has 1 unspecified atom stereocenters. The molecule has 8 heteroatoms. The summed E-state index contributed by atoms with van der Waals surface area (Å²) in [5.41, 5.74) is 2.63. The van der Waals surface area contributed by atoms with Gasteiger partial charge >= 0.3 is 5.97 Å². The average Bonchev–Trinajstić information content (AvgIpc) is 3.37. The fraction of sp³-hybridized carbons (Fsp3) is 0.450. The number of likely N-dealkylation sites (tertiary alicyclic amines) is 1. The molecule has 0 aliphatic carbocycles. The lowest BCUT2D eigenvalue weighted by atomic mass is 10.0. The molecule has 28 heavy (non-hydrogen) atoms. The van der Waals surface area contributed by atoms with Crippen LogP contribution in [-0.4, -0.2) is 61.0 Å². The van der Waals surface area contributed by atoms with Crippen molar-refractivity contribution >= 4 is 11.9 Å². The number of hydrogen-bond donors (Lipinski definition) is 1. The van der Waals surface area contributed by atoms with E-state index in [2.05, 4.69) is 26.5 Å². The van der Waals surface area contributed by atoms with Gasteiger partial charge in [0, 0.05) is 45.8 Å². The standard InChI is InChI=1S/C20H27N5O3/c1-21-20(25-8-7-15(13-25)16-11-23-24(2)12-16)22-10-14-5-6-18(27-3)17(9-14)19(26)28-4/h5-6,9,11-12,15H,7-8,10,13H2,1-4H3,(H,21,22). The van der Waals surface area contributed by atoms with Crippen molar-refractivity contribution in [2.75, 3.05) is 34.4 Å². The van der Waals surface area contributed by atoms with Crippen LogP contribution in [-0.2, 0) is 18.3 Å². The Morgan fingerprint density at radius 3 is 2.86 bits per heavy atom. The number of hydrogen-bond acceptors (Lipinski definition) is 5. The molecule has 1 saturated heterocycles. The van der Waals surface area contributed by atoms with Crippen LogP contribution < -0.4 is 10.1 Å². The largest absolute Gasteiger partial charge is 0.496 e. The molecular formula is C20H27N5O3.